The van der Waals surface area contributed by atoms with Crippen LogP contribution >= 0.6 is 0 Å². The van der Waals surface area contributed by atoms with E-state index in [1.807, 2.05) is 6.07 Å². The average molecular weight is 248 g/mol. The van der Waals surface area contributed by atoms with Gasteiger partial charge in [0.05, 0.1) is 19.8 Å². The Morgan fingerprint density at radius 3 is 2.94 bits per heavy atom. The second-order valence-corrected chi connectivity index (χ2v) is 5.42. The number of nitrogens with zero attached hydrogens (tertiary/aromatic N) is 1. The van der Waals surface area contributed by atoms with Crippen molar-refractivity contribution in [3.05, 3.63) is 29.3 Å². The van der Waals surface area contributed by atoms with E-state index in [-0.39, 0.29) is 5.60 Å². The number of rotatable bonds is 2. The molecule has 18 heavy (non-hydrogen) atoms. The molecule has 0 radical (unpaired) electrons. The summed E-state index contributed by atoms with van der Waals surface area (Å²) >= 11 is 0. The fourth-order valence-corrected chi connectivity index (χ4v) is 2.67. The van der Waals surface area contributed by atoms with Crippen LogP contribution in [0.2, 0.25) is 0 Å². The lowest BCUT2D eigenvalue weighted by atomic mass is 9.98. The molecule has 2 N–H and O–H groups in total. The number of anilines is 1. The van der Waals surface area contributed by atoms with Crippen molar-refractivity contribution >= 4 is 5.69 Å². The Kier molecular flexibility index (Phi) is 3.01. The van der Waals surface area contributed by atoms with Crippen molar-refractivity contribution in [3.8, 4) is 0 Å². The third-order valence-electron chi connectivity index (χ3n) is 3.82. The molecule has 2 fully saturated rings. The molecular weight excluding hydrogens is 228 g/mol. The number of hydrogen-bond acceptors (Lipinski definition) is 4. The molecule has 2 aliphatic rings. The zero-order chi connectivity index (χ0) is 12.6. The van der Waals surface area contributed by atoms with Gasteiger partial charge in [-0.1, -0.05) is 6.07 Å². The van der Waals surface area contributed by atoms with Gasteiger partial charge in [-0.05, 0) is 30.2 Å². The molecule has 0 aliphatic carbocycles. The van der Waals surface area contributed by atoms with E-state index in [2.05, 4.69) is 24.0 Å². The van der Waals surface area contributed by atoms with Crippen LogP contribution in [0.15, 0.2) is 18.2 Å². The van der Waals surface area contributed by atoms with Gasteiger partial charge < -0.3 is 15.2 Å². The van der Waals surface area contributed by atoms with Gasteiger partial charge in [-0.2, -0.15) is 0 Å². The summed E-state index contributed by atoms with van der Waals surface area (Å²) in [7, 11) is 0. The number of ether oxygens (including phenoxy) is 2. The fraction of sp³-hybridized carbons (Fsp3) is 0.571. The van der Waals surface area contributed by atoms with Gasteiger partial charge in [0.15, 0.2) is 0 Å². The second kappa shape index (κ2) is 4.53. The highest BCUT2D eigenvalue weighted by molar-refractivity contribution is 5.44. The number of nitrogens with two attached hydrogens (primary N) is 1. The van der Waals surface area contributed by atoms with E-state index in [0.29, 0.717) is 0 Å². The lowest BCUT2D eigenvalue weighted by Gasteiger charge is -2.47. The van der Waals surface area contributed by atoms with Gasteiger partial charge in [-0.15, -0.1) is 0 Å². The zero-order valence-corrected chi connectivity index (χ0v) is 10.8. The standard InChI is InChI=1S/C14H20N2O2/c1-11-2-3-13(15)6-12(11)7-16-4-5-18-14(8-16)9-17-10-14/h2-3,6H,4-5,7-10,15H2,1H3. The van der Waals surface area contributed by atoms with E-state index < -0.39 is 0 Å². The summed E-state index contributed by atoms with van der Waals surface area (Å²) in [6.07, 6.45) is 0. The maximum absolute atomic E-state index is 5.86. The number of benzene rings is 1. The van der Waals surface area contributed by atoms with Gasteiger partial charge in [0, 0.05) is 25.3 Å². The topological polar surface area (TPSA) is 47.7 Å². The molecule has 0 amide bonds. The molecule has 2 aliphatic heterocycles. The number of hydrogen-bond donors (Lipinski definition) is 1. The Morgan fingerprint density at radius 1 is 1.39 bits per heavy atom. The highest BCUT2D eigenvalue weighted by atomic mass is 16.6. The average Bonchev–Trinajstić information content (AvgIpc) is 2.32. The van der Waals surface area contributed by atoms with E-state index in [1.165, 1.54) is 11.1 Å². The van der Waals surface area contributed by atoms with Gasteiger partial charge in [-0.3, -0.25) is 4.90 Å². The van der Waals surface area contributed by atoms with Gasteiger partial charge in [0.1, 0.15) is 5.60 Å². The van der Waals surface area contributed by atoms with Crippen molar-refractivity contribution in [1.29, 1.82) is 0 Å². The highest BCUT2D eigenvalue weighted by Crippen LogP contribution is 2.27. The van der Waals surface area contributed by atoms with Crippen LogP contribution in [0, 0.1) is 6.92 Å². The smallest absolute Gasteiger partial charge is 0.127 e. The summed E-state index contributed by atoms with van der Waals surface area (Å²) in [6, 6.07) is 6.13. The van der Waals surface area contributed by atoms with E-state index in [9.17, 15) is 0 Å². The van der Waals surface area contributed by atoms with Crippen LogP contribution < -0.4 is 5.73 Å². The Labute approximate surface area is 108 Å². The molecule has 4 heteroatoms. The summed E-state index contributed by atoms with van der Waals surface area (Å²) in [5.74, 6) is 0. The minimum absolute atomic E-state index is 0.0352. The van der Waals surface area contributed by atoms with Crippen molar-refractivity contribution in [2.45, 2.75) is 19.1 Å². The second-order valence-electron chi connectivity index (χ2n) is 5.42. The van der Waals surface area contributed by atoms with E-state index in [0.717, 1.165) is 45.1 Å². The maximum atomic E-state index is 5.86. The Hall–Kier alpha value is -1.10. The zero-order valence-electron chi connectivity index (χ0n) is 10.8. The third-order valence-corrected chi connectivity index (χ3v) is 3.82. The molecule has 1 aromatic rings. The summed E-state index contributed by atoms with van der Waals surface area (Å²) in [4.78, 5) is 2.44. The molecule has 98 valence electrons. The van der Waals surface area contributed by atoms with E-state index in [4.69, 9.17) is 15.2 Å². The number of nitrogen functional groups attached to an aromatic ring is 1. The lowest BCUT2D eigenvalue weighted by molar-refractivity contribution is -0.238. The van der Waals surface area contributed by atoms with Crippen LogP contribution in [-0.2, 0) is 16.0 Å². The molecule has 1 spiro atoms. The Balaban J connectivity index is 1.70. The molecule has 2 heterocycles. The quantitative estimate of drug-likeness (QED) is 0.798. The number of aryl methyl sites for hydroxylation is 1. The van der Waals surface area contributed by atoms with Crippen molar-refractivity contribution in [2.24, 2.45) is 0 Å². The normalized spacial score (nSPS) is 22.9. The fourth-order valence-electron chi connectivity index (χ4n) is 2.67. The number of morpholine rings is 1. The van der Waals surface area contributed by atoms with Gasteiger partial charge in [0.25, 0.3) is 0 Å². The van der Waals surface area contributed by atoms with Crippen molar-refractivity contribution < 1.29 is 9.47 Å². The molecule has 0 aromatic heterocycles. The van der Waals surface area contributed by atoms with Crippen LogP contribution in [0.25, 0.3) is 0 Å². The van der Waals surface area contributed by atoms with E-state index >= 15 is 0 Å². The molecule has 2 saturated heterocycles. The first-order valence-corrected chi connectivity index (χ1v) is 6.46. The first kappa shape index (κ1) is 12.0. The Morgan fingerprint density at radius 2 is 2.22 bits per heavy atom. The Bertz CT molecular complexity index is 443. The van der Waals surface area contributed by atoms with E-state index in [1.54, 1.807) is 0 Å². The monoisotopic (exact) mass is 248 g/mol. The van der Waals surface area contributed by atoms with Crippen LogP contribution in [-0.4, -0.2) is 43.4 Å². The van der Waals surface area contributed by atoms with Crippen molar-refractivity contribution in [2.75, 3.05) is 38.6 Å². The summed E-state index contributed by atoms with van der Waals surface area (Å²) in [6.45, 7) is 7.29. The minimum atomic E-state index is -0.0352. The highest BCUT2D eigenvalue weighted by Gasteiger charge is 2.43. The summed E-state index contributed by atoms with van der Waals surface area (Å²) in [5, 5.41) is 0. The lowest BCUT2D eigenvalue weighted by Crippen LogP contribution is -2.62. The summed E-state index contributed by atoms with van der Waals surface area (Å²) < 4.78 is 11.1. The first-order valence-electron chi connectivity index (χ1n) is 6.46. The van der Waals surface area contributed by atoms with Crippen LogP contribution in [0.3, 0.4) is 0 Å². The van der Waals surface area contributed by atoms with Gasteiger partial charge in [0.2, 0.25) is 0 Å². The summed E-state index contributed by atoms with van der Waals surface area (Å²) in [5.41, 5.74) is 9.28. The molecule has 1 aromatic carbocycles. The minimum Gasteiger partial charge on any atom is -0.399 e. The van der Waals surface area contributed by atoms with Crippen molar-refractivity contribution in [3.63, 3.8) is 0 Å². The van der Waals surface area contributed by atoms with Crippen molar-refractivity contribution in [1.82, 2.24) is 4.90 Å². The predicted molar refractivity (Wildman–Crippen MR) is 70.4 cm³/mol. The molecule has 4 nitrogen and oxygen atoms in total. The van der Waals surface area contributed by atoms with Crippen LogP contribution in [0.5, 0.6) is 0 Å². The SMILES string of the molecule is Cc1ccc(N)cc1CN1CCOC2(COC2)C1. The molecule has 0 saturated carbocycles. The van der Waals surface area contributed by atoms with Gasteiger partial charge >= 0.3 is 0 Å². The molecule has 3 rings (SSSR count). The molecule has 0 bridgehead atoms. The van der Waals surface area contributed by atoms with Crippen LogP contribution in [0.4, 0.5) is 5.69 Å². The largest absolute Gasteiger partial charge is 0.399 e. The maximum Gasteiger partial charge on any atom is 0.127 e. The van der Waals surface area contributed by atoms with Crippen LogP contribution in [0.1, 0.15) is 11.1 Å². The molecule has 0 unspecified atom stereocenters. The molecular formula is C14H20N2O2. The van der Waals surface area contributed by atoms with Gasteiger partial charge in [-0.25, -0.2) is 0 Å². The predicted octanol–water partition coefficient (Wildman–Crippen LogP) is 1.18. The first-order chi connectivity index (χ1) is 8.67. The third kappa shape index (κ3) is 2.23. The molecule has 0 atom stereocenters.